The van der Waals surface area contributed by atoms with Gasteiger partial charge in [-0.2, -0.15) is 0 Å². The van der Waals surface area contributed by atoms with Crippen LogP contribution in [0.4, 0.5) is 10.5 Å². The Bertz CT molecular complexity index is 889. The minimum atomic E-state index is -0.666. The van der Waals surface area contributed by atoms with E-state index in [9.17, 15) is 14.7 Å². The molecule has 1 aliphatic rings. The molecular formula is C22H26N4O5. The maximum atomic E-state index is 12.3. The first kappa shape index (κ1) is 22.3. The average Bonchev–Trinajstić information content (AvgIpc) is 2.80. The number of nitrogens with zero attached hydrogens (tertiary/aromatic N) is 1. The number of aliphatic hydroxyl groups excluding tert-OH is 1. The Morgan fingerprint density at radius 3 is 2.65 bits per heavy atom. The van der Waals surface area contributed by atoms with Gasteiger partial charge in [-0.1, -0.05) is 18.2 Å². The first-order valence-corrected chi connectivity index (χ1v) is 9.90. The van der Waals surface area contributed by atoms with Gasteiger partial charge in [-0.15, -0.1) is 0 Å². The zero-order valence-electron chi connectivity index (χ0n) is 17.2. The number of anilines is 1. The highest BCUT2D eigenvalue weighted by molar-refractivity contribution is 5.89. The smallest absolute Gasteiger partial charge is 0.319 e. The Kier molecular flexibility index (Phi) is 7.97. The molecule has 3 amide bonds. The number of hydrogen-bond donors (Lipinski definition) is 4. The maximum Gasteiger partial charge on any atom is 0.319 e. The van der Waals surface area contributed by atoms with Crippen molar-refractivity contribution in [1.82, 2.24) is 15.6 Å². The summed E-state index contributed by atoms with van der Waals surface area (Å²) in [6.45, 7) is 0.0269. The fraction of sp³-hybridized carbons (Fsp3) is 0.318. The molecule has 0 fully saturated rings. The molecule has 3 rings (SSSR count). The second kappa shape index (κ2) is 11.1. The Balaban J connectivity index is 1.48. The lowest BCUT2D eigenvalue weighted by molar-refractivity contribution is -0.125. The van der Waals surface area contributed by atoms with E-state index in [2.05, 4.69) is 20.9 Å². The van der Waals surface area contributed by atoms with Gasteiger partial charge < -0.3 is 30.5 Å². The fourth-order valence-electron chi connectivity index (χ4n) is 3.08. The molecule has 31 heavy (non-hydrogen) atoms. The Labute approximate surface area is 180 Å². The van der Waals surface area contributed by atoms with Gasteiger partial charge in [0.1, 0.15) is 11.9 Å². The number of rotatable bonds is 8. The van der Waals surface area contributed by atoms with Crippen LogP contribution in [0.5, 0.6) is 5.75 Å². The van der Waals surface area contributed by atoms with E-state index in [1.165, 1.54) is 0 Å². The van der Waals surface area contributed by atoms with Gasteiger partial charge in [0.25, 0.3) is 0 Å². The molecule has 4 N–H and O–H groups in total. The van der Waals surface area contributed by atoms with E-state index < -0.39 is 24.3 Å². The number of urea groups is 1. The van der Waals surface area contributed by atoms with E-state index in [-0.39, 0.29) is 18.9 Å². The SMILES string of the molecule is COc1ccc(NC(=O)N[C@@H]2C=C[C@@H](CC(=O)NCc3ccccn3)O[C@@H]2CO)cc1. The number of hydrogen-bond acceptors (Lipinski definition) is 6. The molecule has 0 aliphatic carbocycles. The molecule has 3 atom stereocenters. The van der Waals surface area contributed by atoms with E-state index in [4.69, 9.17) is 9.47 Å². The quantitative estimate of drug-likeness (QED) is 0.476. The second-order valence-corrected chi connectivity index (χ2v) is 6.94. The number of amides is 3. The third-order valence-corrected chi connectivity index (χ3v) is 4.69. The van der Waals surface area contributed by atoms with Crippen LogP contribution in [0.1, 0.15) is 12.1 Å². The third-order valence-electron chi connectivity index (χ3n) is 4.69. The van der Waals surface area contributed by atoms with Crippen LogP contribution >= 0.6 is 0 Å². The number of nitrogens with one attached hydrogen (secondary N) is 3. The number of methoxy groups -OCH3 is 1. The van der Waals surface area contributed by atoms with Gasteiger partial charge in [-0.3, -0.25) is 9.78 Å². The van der Waals surface area contributed by atoms with Crippen molar-refractivity contribution in [3.8, 4) is 5.75 Å². The minimum absolute atomic E-state index is 0.102. The summed E-state index contributed by atoms with van der Waals surface area (Å²) in [7, 11) is 1.57. The van der Waals surface area contributed by atoms with Crippen LogP contribution in [0, 0.1) is 0 Å². The predicted molar refractivity (Wildman–Crippen MR) is 115 cm³/mol. The third kappa shape index (κ3) is 6.80. The zero-order valence-corrected chi connectivity index (χ0v) is 17.2. The van der Waals surface area contributed by atoms with E-state index in [0.717, 1.165) is 5.69 Å². The first-order chi connectivity index (χ1) is 15.1. The van der Waals surface area contributed by atoms with Crippen LogP contribution in [-0.2, 0) is 16.1 Å². The Morgan fingerprint density at radius 2 is 1.97 bits per heavy atom. The van der Waals surface area contributed by atoms with Crippen molar-refractivity contribution >= 4 is 17.6 Å². The van der Waals surface area contributed by atoms with Crippen molar-refractivity contribution in [3.05, 3.63) is 66.5 Å². The molecule has 0 bridgehead atoms. The molecule has 9 nitrogen and oxygen atoms in total. The number of carbonyl (C=O) groups is 2. The van der Waals surface area contributed by atoms with Gasteiger partial charge in [-0.25, -0.2) is 4.79 Å². The zero-order chi connectivity index (χ0) is 22.1. The van der Waals surface area contributed by atoms with Crippen LogP contribution in [0.2, 0.25) is 0 Å². The predicted octanol–water partition coefficient (Wildman–Crippen LogP) is 1.60. The molecule has 0 spiro atoms. The van der Waals surface area contributed by atoms with Crippen molar-refractivity contribution in [2.24, 2.45) is 0 Å². The molecule has 1 aliphatic heterocycles. The summed E-state index contributed by atoms with van der Waals surface area (Å²) in [4.78, 5) is 28.6. The molecule has 1 aromatic carbocycles. The molecule has 2 aromatic rings. The van der Waals surface area contributed by atoms with Gasteiger partial charge in [0.05, 0.1) is 44.5 Å². The van der Waals surface area contributed by atoms with E-state index in [0.29, 0.717) is 18.0 Å². The lowest BCUT2D eigenvalue weighted by Crippen LogP contribution is -2.50. The normalized spacial score (nSPS) is 20.0. The van der Waals surface area contributed by atoms with E-state index in [1.54, 1.807) is 49.7 Å². The molecule has 1 aromatic heterocycles. The van der Waals surface area contributed by atoms with Gasteiger partial charge in [0.2, 0.25) is 5.91 Å². The second-order valence-electron chi connectivity index (χ2n) is 6.94. The first-order valence-electron chi connectivity index (χ1n) is 9.90. The maximum absolute atomic E-state index is 12.3. The molecule has 0 radical (unpaired) electrons. The molecule has 0 saturated carbocycles. The number of aliphatic hydroxyl groups is 1. The van der Waals surface area contributed by atoms with Crippen LogP contribution in [0.3, 0.4) is 0 Å². The van der Waals surface area contributed by atoms with Gasteiger partial charge >= 0.3 is 6.03 Å². The van der Waals surface area contributed by atoms with E-state index >= 15 is 0 Å². The largest absolute Gasteiger partial charge is 0.497 e. The summed E-state index contributed by atoms with van der Waals surface area (Å²) in [6.07, 6.45) is 4.05. The lowest BCUT2D eigenvalue weighted by Gasteiger charge is -2.31. The van der Waals surface area contributed by atoms with Crippen molar-refractivity contribution in [2.75, 3.05) is 19.0 Å². The summed E-state index contributed by atoms with van der Waals surface area (Å²) in [5.41, 5.74) is 1.36. The average molecular weight is 426 g/mol. The Hall–Kier alpha value is -3.43. The minimum Gasteiger partial charge on any atom is -0.497 e. The summed E-state index contributed by atoms with van der Waals surface area (Å²) >= 11 is 0. The lowest BCUT2D eigenvalue weighted by atomic mass is 10.0. The summed E-state index contributed by atoms with van der Waals surface area (Å²) < 4.78 is 10.9. The van der Waals surface area contributed by atoms with Gasteiger partial charge in [0.15, 0.2) is 0 Å². The standard InChI is InChI=1S/C22H26N4O5/c1-30-17-7-5-15(6-8-17)25-22(29)26-19-10-9-18(31-20(19)14-27)12-21(28)24-13-16-4-2-3-11-23-16/h2-11,18-20,27H,12-14H2,1H3,(H,24,28)(H2,25,26,29)/t18-,19+,20+/m0/s1. The Morgan fingerprint density at radius 1 is 1.16 bits per heavy atom. The number of aromatic nitrogens is 1. The van der Waals surface area contributed by atoms with Gasteiger partial charge in [0, 0.05) is 11.9 Å². The summed E-state index contributed by atoms with van der Waals surface area (Å²) in [6, 6.07) is 11.4. The molecule has 9 heteroatoms. The van der Waals surface area contributed by atoms with Crippen molar-refractivity contribution in [1.29, 1.82) is 0 Å². The van der Waals surface area contributed by atoms with Crippen molar-refractivity contribution in [3.63, 3.8) is 0 Å². The number of benzene rings is 1. The molecule has 0 saturated heterocycles. The van der Waals surface area contributed by atoms with Crippen LogP contribution in [0.25, 0.3) is 0 Å². The monoisotopic (exact) mass is 426 g/mol. The fourth-order valence-corrected chi connectivity index (χ4v) is 3.08. The van der Waals surface area contributed by atoms with Crippen LogP contribution in [0.15, 0.2) is 60.8 Å². The molecule has 0 unspecified atom stereocenters. The highest BCUT2D eigenvalue weighted by atomic mass is 16.5. The number of ether oxygens (including phenoxy) is 2. The topological polar surface area (TPSA) is 122 Å². The van der Waals surface area contributed by atoms with Crippen LogP contribution < -0.4 is 20.7 Å². The molecular weight excluding hydrogens is 400 g/mol. The highest BCUT2D eigenvalue weighted by Gasteiger charge is 2.29. The molecule has 2 heterocycles. The van der Waals surface area contributed by atoms with E-state index in [1.807, 2.05) is 18.2 Å². The summed E-state index contributed by atoms with van der Waals surface area (Å²) in [5, 5.41) is 17.9. The number of pyridine rings is 1. The highest BCUT2D eigenvalue weighted by Crippen LogP contribution is 2.17. The number of carbonyl (C=O) groups excluding carboxylic acids is 2. The summed E-state index contributed by atoms with van der Waals surface area (Å²) in [5.74, 6) is 0.491. The van der Waals surface area contributed by atoms with Crippen molar-refractivity contribution in [2.45, 2.75) is 31.2 Å². The van der Waals surface area contributed by atoms with Gasteiger partial charge in [-0.05, 0) is 36.4 Å². The molecule has 164 valence electrons. The van der Waals surface area contributed by atoms with Crippen LogP contribution in [-0.4, -0.2) is 54.0 Å². The van der Waals surface area contributed by atoms with Crippen molar-refractivity contribution < 1.29 is 24.2 Å².